The van der Waals surface area contributed by atoms with Crippen LogP contribution in [0.15, 0.2) is 53.7 Å². The van der Waals surface area contributed by atoms with Crippen molar-refractivity contribution in [1.82, 2.24) is 24.5 Å². The van der Waals surface area contributed by atoms with Crippen molar-refractivity contribution in [3.8, 4) is 5.69 Å². The molecule has 2 N–H and O–H groups in total. The molecule has 1 fully saturated rings. The Labute approximate surface area is 189 Å². The first-order valence-corrected chi connectivity index (χ1v) is 10.5. The van der Waals surface area contributed by atoms with Crippen molar-refractivity contribution in [2.75, 3.05) is 18.5 Å². The molecule has 0 saturated carbocycles. The third-order valence-electron chi connectivity index (χ3n) is 5.41. The molecule has 11 nitrogen and oxygen atoms in total. The number of anilines is 1. The Morgan fingerprint density at radius 3 is 2.91 bits per heavy atom. The first-order chi connectivity index (χ1) is 15.9. The summed E-state index contributed by atoms with van der Waals surface area (Å²) in [4.78, 5) is 37.0. The summed E-state index contributed by atoms with van der Waals surface area (Å²) in [6, 6.07) is 8.17. The van der Waals surface area contributed by atoms with Crippen molar-refractivity contribution in [1.29, 1.82) is 0 Å². The molecule has 4 rings (SSSR count). The molecule has 3 heterocycles. The number of nitrogens with one attached hydrogen (secondary N) is 1. The quantitative estimate of drug-likeness (QED) is 0.586. The van der Waals surface area contributed by atoms with Gasteiger partial charge in [-0.3, -0.25) is 14.8 Å². The van der Waals surface area contributed by atoms with Crippen LogP contribution in [0, 0.1) is 0 Å². The van der Waals surface area contributed by atoms with Crippen molar-refractivity contribution in [3.05, 3.63) is 70.4 Å². The number of carbonyl (C=O) groups excluding carboxylic acids is 1. The molecule has 2 aromatic heterocycles. The van der Waals surface area contributed by atoms with E-state index in [1.807, 2.05) is 6.07 Å². The van der Waals surface area contributed by atoms with E-state index in [-0.39, 0.29) is 24.5 Å². The Morgan fingerprint density at radius 1 is 1.30 bits per heavy atom. The first-order valence-electron chi connectivity index (χ1n) is 10.5. The van der Waals surface area contributed by atoms with Gasteiger partial charge in [-0.2, -0.15) is 10.2 Å². The summed E-state index contributed by atoms with van der Waals surface area (Å²) in [6.45, 7) is 0.447. The highest BCUT2D eigenvalue weighted by atomic mass is 16.5. The van der Waals surface area contributed by atoms with E-state index in [2.05, 4.69) is 15.5 Å². The number of amides is 2. The molecule has 0 radical (unpaired) electrons. The smallest absolute Gasteiger partial charge is 0.411 e. The van der Waals surface area contributed by atoms with Gasteiger partial charge in [0.05, 0.1) is 18.4 Å². The van der Waals surface area contributed by atoms with Gasteiger partial charge in [0, 0.05) is 38.0 Å². The average Bonchev–Trinajstić information content (AvgIpc) is 3.43. The topological polar surface area (TPSA) is 132 Å². The molecule has 33 heavy (non-hydrogen) atoms. The second-order valence-electron chi connectivity index (χ2n) is 7.82. The van der Waals surface area contributed by atoms with E-state index in [1.165, 1.54) is 11.0 Å². The van der Waals surface area contributed by atoms with Gasteiger partial charge in [-0.05, 0) is 30.5 Å². The molecule has 0 aliphatic carbocycles. The summed E-state index contributed by atoms with van der Waals surface area (Å²) in [5.74, 6) is 0. The number of nitrogens with zero attached hydrogens (tertiary/aromatic N) is 5. The standard InChI is InChI=1S/C22H24N6O5/c1-26-13-18(12-23-26)28-9-7-20(29)19(25-28)11-15-4-2-5-16(10-15)24-21(30)33-14-17-6-3-8-27(17)22(31)32/h2,4-5,7,9-10,12-13,17H,3,6,8,11,14H2,1H3,(H,24,30)(H,31,32). The van der Waals surface area contributed by atoms with Crippen molar-refractivity contribution < 1.29 is 19.4 Å². The van der Waals surface area contributed by atoms with Gasteiger partial charge < -0.3 is 14.7 Å². The van der Waals surface area contributed by atoms with E-state index in [1.54, 1.807) is 53.2 Å². The number of ether oxygens (including phenoxy) is 1. The molecule has 0 bridgehead atoms. The van der Waals surface area contributed by atoms with Gasteiger partial charge in [-0.1, -0.05) is 12.1 Å². The van der Waals surface area contributed by atoms with Gasteiger partial charge >= 0.3 is 12.2 Å². The van der Waals surface area contributed by atoms with Gasteiger partial charge in [0.15, 0.2) is 0 Å². The number of benzene rings is 1. The average molecular weight is 452 g/mol. The van der Waals surface area contributed by atoms with E-state index in [9.17, 15) is 19.5 Å². The highest BCUT2D eigenvalue weighted by molar-refractivity contribution is 5.84. The minimum atomic E-state index is -1.01. The van der Waals surface area contributed by atoms with Crippen LogP contribution >= 0.6 is 0 Å². The number of likely N-dealkylation sites (tertiary alicyclic amines) is 1. The fraction of sp³-hybridized carbons (Fsp3) is 0.318. The molecule has 1 aromatic carbocycles. The third-order valence-corrected chi connectivity index (χ3v) is 5.41. The zero-order valence-electron chi connectivity index (χ0n) is 18.0. The van der Waals surface area contributed by atoms with Crippen LogP contribution in [-0.4, -0.2) is 60.9 Å². The third kappa shape index (κ3) is 5.37. The van der Waals surface area contributed by atoms with Crippen molar-refractivity contribution >= 4 is 17.9 Å². The Morgan fingerprint density at radius 2 is 2.15 bits per heavy atom. The van der Waals surface area contributed by atoms with Crippen LogP contribution in [0.4, 0.5) is 15.3 Å². The van der Waals surface area contributed by atoms with Crippen LogP contribution in [0.5, 0.6) is 0 Å². The van der Waals surface area contributed by atoms with E-state index < -0.39 is 12.2 Å². The first kappa shape index (κ1) is 22.1. The summed E-state index contributed by atoms with van der Waals surface area (Å²) in [6.07, 6.45) is 5.05. The number of carboxylic acid groups (broad SMARTS) is 1. The second-order valence-corrected chi connectivity index (χ2v) is 7.82. The van der Waals surface area contributed by atoms with E-state index in [4.69, 9.17) is 4.74 Å². The van der Waals surface area contributed by atoms with Crippen molar-refractivity contribution in [3.63, 3.8) is 0 Å². The number of carbonyl (C=O) groups is 2. The van der Waals surface area contributed by atoms with E-state index >= 15 is 0 Å². The van der Waals surface area contributed by atoms with Gasteiger partial charge in [0.25, 0.3) is 0 Å². The highest BCUT2D eigenvalue weighted by Crippen LogP contribution is 2.18. The molecule has 1 aliphatic rings. The number of aryl methyl sites for hydroxylation is 1. The maximum Gasteiger partial charge on any atom is 0.411 e. The number of hydrogen-bond acceptors (Lipinski definition) is 6. The lowest BCUT2D eigenvalue weighted by Gasteiger charge is -2.21. The molecule has 172 valence electrons. The second kappa shape index (κ2) is 9.55. The van der Waals surface area contributed by atoms with Crippen LogP contribution in [-0.2, 0) is 18.2 Å². The predicted molar refractivity (Wildman–Crippen MR) is 119 cm³/mol. The summed E-state index contributed by atoms with van der Waals surface area (Å²) < 4.78 is 8.46. The molecule has 1 aliphatic heterocycles. The molecular formula is C22H24N6O5. The van der Waals surface area contributed by atoms with Gasteiger partial charge in [-0.25, -0.2) is 14.3 Å². The molecular weight excluding hydrogens is 428 g/mol. The van der Waals surface area contributed by atoms with Crippen LogP contribution in [0.25, 0.3) is 5.69 Å². The lowest BCUT2D eigenvalue weighted by molar-refractivity contribution is 0.102. The maximum atomic E-state index is 12.3. The van der Waals surface area contributed by atoms with Crippen molar-refractivity contribution in [2.24, 2.45) is 7.05 Å². The number of hydrogen-bond donors (Lipinski definition) is 2. The lowest BCUT2D eigenvalue weighted by atomic mass is 10.1. The SMILES string of the molecule is Cn1cc(-n2ccc(=O)c(Cc3cccc(NC(=O)OCC4CCCN4C(=O)O)c3)n2)cn1. The van der Waals surface area contributed by atoms with Gasteiger partial charge in [0.1, 0.15) is 18.0 Å². The fourth-order valence-corrected chi connectivity index (χ4v) is 3.78. The van der Waals surface area contributed by atoms with Crippen LogP contribution < -0.4 is 10.7 Å². The Kier molecular flexibility index (Phi) is 6.38. The molecule has 1 saturated heterocycles. The largest absolute Gasteiger partial charge is 0.465 e. The van der Waals surface area contributed by atoms with Crippen LogP contribution in [0.2, 0.25) is 0 Å². The van der Waals surface area contributed by atoms with E-state index in [0.717, 1.165) is 17.7 Å². The summed E-state index contributed by atoms with van der Waals surface area (Å²) in [5, 5.41) is 20.4. The molecule has 1 unspecified atom stereocenters. The van der Waals surface area contributed by atoms with Gasteiger partial charge in [0.2, 0.25) is 5.43 Å². The summed E-state index contributed by atoms with van der Waals surface area (Å²) >= 11 is 0. The van der Waals surface area contributed by atoms with Crippen LogP contribution in [0.3, 0.4) is 0 Å². The molecule has 0 spiro atoms. The monoisotopic (exact) mass is 452 g/mol. The minimum Gasteiger partial charge on any atom is -0.465 e. The molecule has 3 aromatic rings. The molecule has 1 atom stereocenters. The molecule has 2 amide bonds. The summed E-state index contributed by atoms with van der Waals surface area (Å²) in [5.41, 5.74) is 2.20. The normalized spacial score (nSPS) is 15.4. The Bertz CT molecular complexity index is 1220. The van der Waals surface area contributed by atoms with E-state index in [0.29, 0.717) is 24.3 Å². The number of rotatable bonds is 6. The molecule has 11 heteroatoms. The summed E-state index contributed by atoms with van der Waals surface area (Å²) in [7, 11) is 1.80. The Balaban J connectivity index is 1.39. The fourth-order valence-electron chi connectivity index (χ4n) is 3.78. The predicted octanol–water partition coefficient (Wildman–Crippen LogP) is 2.25. The highest BCUT2D eigenvalue weighted by Gasteiger charge is 2.29. The Hall–Kier alpha value is -4.15. The minimum absolute atomic E-state index is 0.000353. The number of aromatic nitrogens is 4. The van der Waals surface area contributed by atoms with Crippen LogP contribution in [0.1, 0.15) is 24.1 Å². The zero-order chi connectivity index (χ0) is 23.4. The zero-order valence-corrected chi connectivity index (χ0v) is 18.0. The van der Waals surface area contributed by atoms with Gasteiger partial charge in [-0.15, -0.1) is 0 Å². The maximum absolute atomic E-state index is 12.3. The van der Waals surface area contributed by atoms with Crippen molar-refractivity contribution in [2.45, 2.75) is 25.3 Å². The lowest BCUT2D eigenvalue weighted by Crippen LogP contribution is -2.38.